The molecule has 0 aromatic carbocycles. The molecule has 138 valence electrons. The van der Waals surface area contributed by atoms with E-state index in [9.17, 15) is 13.2 Å². The van der Waals surface area contributed by atoms with E-state index in [-0.39, 0.29) is 36.1 Å². The Hall–Kier alpha value is -0.290. The highest BCUT2D eigenvalue weighted by Crippen LogP contribution is 2.18. The molecule has 1 rings (SSSR count). The number of aliphatic imine (C=N–C) groups is 1. The summed E-state index contributed by atoms with van der Waals surface area (Å²) in [5, 5.41) is 5.70. The topological polar surface area (TPSA) is 48.9 Å². The van der Waals surface area contributed by atoms with Crippen molar-refractivity contribution in [1.82, 2.24) is 15.5 Å². The van der Waals surface area contributed by atoms with Gasteiger partial charge in [-0.25, -0.2) is 0 Å². The molecule has 1 aliphatic heterocycles. The molecule has 0 aliphatic carbocycles. The third-order valence-electron chi connectivity index (χ3n) is 3.54. The van der Waals surface area contributed by atoms with E-state index >= 15 is 0 Å². The van der Waals surface area contributed by atoms with Gasteiger partial charge >= 0.3 is 6.18 Å². The van der Waals surface area contributed by atoms with Crippen molar-refractivity contribution in [1.29, 1.82) is 0 Å². The number of guanidine groups is 1. The molecule has 2 N–H and O–H groups in total. The van der Waals surface area contributed by atoms with Crippen molar-refractivity contribution in [3.05, 3.63) is 0 Å². The molecule has 1 heterocycles. The summed E-state index contributed by atoms with van der Waals surface area (Å²) in [5.41, 5.74) is -0.157. The van der Waals surface area contributed by atoms with E-state index in [2.05, 4.69) is 34.4 Å². The van der Waals surface area contributed by atoms with Gasteiger partial charge in [-0.2, -0.15) is 13.2 Å². The van der Waals surface area contributed by atoms with Gasteiger partial charge in [-0.1, -0.05) is 0 Å². The lowest BCUT2D eigenvalue weighted by atomic mass is 10.0. The molecule has 0 aromatic heterocycles. The van der Waals surface area contributed by atoms with Crippen LogP contribution >= 0.6 is 24.0 Å². The molecule has 0 radical (unpaired) electrons. The number of halogens is 4. The third kappa shape index (κ3) is 9.55. The number of ether oxygens (including phenoxy) is 1. The van der Waals surface area contributed by atoms with E-state index in [0.29, 0.717) is 32.3 Å². The molecule has 9 heteroatoms. The Morgan fingerprint density at radius 1 is 1.17 bits per heavy atom. The minimum Gasteiger partial charge on any atom is -0.379 e. The second kappa shape index (κ2) is 10.5. The van der Waals surface area contributed by atoms with Crippen LogP contribution in [0.5, 0.6) is 0 Å². The molecule has 0 saturated carbocycles. The summed E-state index contributed by atoms with van der Waals surface area (Å²) in [6.45, 7) is 10.1. The molecule has 1 aliphatic rings. The van der Waals surface area contributed by atoms with Gasteiger partial charge in [0.15, 0.2) is 5.96 Å². The van der Waals surface area contributed by atoms with Gasteiger partial charge in [-0.15, -0.1) is 24.0 Å². The average Bonchev–Trinajstić information content (AvgIpc) is 2.44. The van der Waals surface area contributed by atoms with Crippen LogP contribution < -0.4 is 10.6 Å². The minimum absolute atomic E-state index is 0. The fourth-order valence-corrected chi connectivity index (χ4v) is 2.21. The van der Waals surface area contributed by atoms with Gasteiger partial charge in [0.25, 0.3) is 0 Å². The first-order valence-corrected chi connectivity index (χ1v) is 7.66. The van der Waals surface area contributed by atoms with E-state index in [1.807, 2.05) is 6.92 Å². The standard InChI is InChI=1S/C14H27F3N4O.HI/c1-4-18-12(19-6-5-14(15,16)17)20-11-13(2,3)21-7-9-22-10-8-21;/h4-11H2,1-3H3,(H2,18,19,20);1H. The van der Waals surface area contributed by atoms with Crippen molar-refractivity contribution in [3.8, 4) is 0 Å². The van der Waals surface area contributed by atoms with Crippen LogP contribution in [0.2, 0.25) is 0 Å². The lowest BCUT2D eigenvalue weighted by Crippen LogP contribution is -2.52. The first kappa shape index (κ1) is 22.7. The van der Waals surface area contributed by atoms with E-state index in [4.69, 9.17) is 4.74 Å². The lowest BCUT2D eigenvalue weighted by Gasteiger charge is -2.39. The summed E-state index contributed by atoms with van der Waals surface area (Å²) < 4.78 is 41.9. The quantitative estimate of drug-likeness (QED) is 0.369. The maximum atomic E-state index is 12.2. The third-order valence-corrected chi connectivity index (χ3v) is 3.54. The zero-order valence-corrected chi connectivity index (χ0v) is 16.3. The monoisotopic (exact) mass is 452 g/mol. The fraction of sp³-hybridized carbons (Fsp3) is 0.929. The van der Waals surface area contributed by atoms with Crippen molar-refractivity contribution in [2.45, 2.75) is 38.9 Å². The predicted molar refractivity (Wildman–Crippen MR) is 96.5 cm³/mol. The van der Waals surface area contributed by atoms with Crippen molar-refractivity contribution < 1.29 is 17.9 Å². The summed E-state index contributed by atoms with van der Waals surface area (Å²) >= 11 is 0. The smallest absolute Gasteiger partial charge is 0.379 e. The van der Waals surface area contributed by atoms with Crippen LogP contribution in [0.4, 0.5) is 13.2 Å². The van der Waals surface area contributed by atoms with Gasteiger partial charge < -0.3 is 15.4 Å². The van der Waals surface area contributed by atoms with Crippen LogP contribution in [0.25, 0.3) is 0 Å². The Bertz CT molecular complexity index is 358. The number of nitrogens with one attached hydrogen (secondary N) is 2. The Balaban J connectivity index is 0.00000484. The number of nitrogens with zero attached hydrogens (tertiary/aromatic N) is 2. The zero-order valence-electron chi connectivity index (χ0n) is 14.0. The van der Waals surface area contributed by atoms with Crippen molar-refractivity contribution in [2.24, 2.45) is 4.99 Å². The van der Waals surface area contributed by atoms with E-state index < -0.39 is 12.6 Å². The van der Waals surface area contributed by atoms with Crippen LogP contribution in [0.15, 0.2) is 4.99 Å². The Morgan fingerprint density at radius 3 is 2.30 bits per heavy atom. The second-order valence-electron chi connectivity index (χ2n) is 5.90. The molecular weight excluding hydrogens is 424 g/mol. The highest BCUT2D eigenvalue weighted by molar-refractivity contribution is 14.0. The average molecular weight is 452 g/mol. The summed E-state index contributed by atoms with van der Waals surface area (Å²) in [4.78, 5) is 6.72. The molecule has 0 amide bonds. The Labute approximate surface area is 153 Å². The van der Waals surface area contributed by atoms with Crippen molar-refractivity contribution >= 4 is 29.9 Å². The van der Waals surface area contributed by atoms with E-state index in [0.717, 1.165) is 13.1 Å². The largest absolute Gasteiger partial charge is 0.390 e. The highest BCUT2D eigenvalue weighted by atomic mass is 127. The summed E-state index contributed by atoms with van der Waals surface area (Å²) in [7, 11) is 0. The zero-order chi connectivity index (χ0) is 16.6. The molecule has 0 atom stereocenters. The molecule has 0 aromatic rings. The van der Waals surface area contributed by atoms with Gasteiger partial charge in [-0.05, 0) is 20.8 Å². The lowest BCUT2D eigenvalue weighted by molar-refractivity contribution is -0.132. The first-order chi connectivity index (χ1) is 10.2. The van der Waals surface area contributed by atoms with Gasteiger partial charge in [0.05, 0.1) is 26.2 Å². The van der Waals surface area contributed by atoms with Gasteiger partial charge in [0.2, 0.25) is 0 Å². The van der Waals surface area contributed by atoms with E-state index in [1.54, 1.807) is 0 Å². The number of hydrogen-bond donors (Lipinski definition) is 2. The maximum Gasteiger partial charge on any atom is 0.390 e. The van der Waals surface area contributed by atoms with Crippen LogP contribution in [0.3, 0.4) is 0 Å². The molecule has 5 nitrogen and oxygen atoms in total. The van der Waals surface area contributed by atoms with E-state index in [1.165, 1.54) is 0 Å². The second-order valence-corrected chi connectivity index (χ2v) is 5.90. The molecule has 0 spiro atoms. The Kier molecular flexibility index (Phi) is 10.4. The molecular formula is C14H28F3IN4O. The summed E-state index contributed by atoms with van der Waals surface area (Å²) in [5.74, 6) is 0.424. The number of morpholine rings is 1. The molecule has 23 heavy (non-hydrogen) atoms. The van der Waals surface area contributed by atoms with Gasteiger partial charge in [-0.3, -0.25) is 9.89 Å². The number of alkyl halides is 3. The predicted octanol–water partition coefficient (Wildman–Crippen LogP) is 2.22. The van der Waals surface area contributed by atoms with Crippen molar-refractivity contribution in [3.63, 3.8) is 0 Å². The molecule has 0 unspecified atom stereocenters. The Morgan fingerprint density at radius 2 is 1.78 bits per heavy atom. The number of hydrogen-bond acceptors (Lipinski definition) is 3. The summed E-state index contributed by atoms with van der Waals surface area (Å²) in [6.07, 6.45) is -5.03. The fourth-order valence-electron chi connectivity index (χ4n) is 2.21. The maximum absolute atomic E-state index is 12.2. The van der Waals surface area contributed by atoms with Gasteiger partial charge in [0, 0.05) is 31.7 Å². The normalized spacial score (nSPS) is 17.6. The van der Waals surface area contributed by atoms with Crippen LogP contribution in [0, 0.1) is 0 Å². The molecule has 1 fully saturated rings. The summed E-state index contributed by atoms with van der Waals surface area (Å²) in [6, 6.07) is 0. The van der Waals surface area contributed by atoms with Crippen LogP contribution in [0.1, 0.15) is 27.2 Å². The molecule has 0 bridgehead atoms. The SMILES string of the molecule is CCNC(=NCC(C)(C)N1CCOCC1)NCCC(F)(F)F.I. The number of rotatable bonds is 6. The first-order valence-electron chi connectivity index (χ1n) is 7.66. The van der Waals surface area contributed by atoms with Crippen LogP contribution in [-0.4, -0.2) is 68.5 Å². The highest BCUT2D eigenvalue weighted by Gasteiger charge is 2.28. The van der Waals surface area contributed by atoms with Crippen molar-refractivity contribution in [2.75, 3.05) is 45.9 Å². The minimum atomic E-state index is -4.16. The van der Waals surface area contributed by atoms with Gasteiger partial charge in [0.1, 0.15) is 0 Å². The van der Waals surface area contributed by atoms with Crippen LogP contribution in [-0.2, 0) is 4.74 Å². The molecule has 1 saturated heterocycles.